The summed E-state index contributed by atoms with van der Waals surface area (Å²) >= 11 is 0. The molecule has 3 heteroatoms. The van der Waals surface area contributed by atoms with Gasteiger partial charge in [0.25, 0.3) is 0 Å². The molecule has 2 N–H and O–H groups in total. The Bertz CT molecular complexity index is 212. The quantitative estimate of drug-likeness (QED) is 0.761. The van der Waals surface area contributed by atoms with Crippen LogP contribution in [0.3, 0.4) is 0 Å². The fraction of sp³-hybridized carbons (Fsp3) is 1.00. The first-order chi connectivity index (χ1) is 8.31. The molecule has 0 amide bonds. The highest BCUT2D eigenvalue weighted by atomic mass is 15.3. The number of hydrogen-bond donors (Lipinski definition) is 1. The van der Waals surface area contributed by atoms with Crippen LogP contribution in [-0.2, 0) is 0 Å². The van der Waals surface area contributed by atoms with Gasteiger partial charge < -0.3 is 5.73 Å². The van der Waals surface area contributed by atoms with Gasteiger partial charge in [-0.05, 0) is 19.8 Å². The van der Waals surface area contributed by atoms with Crippen LogP contribution < -0.4 is 5.73 Å². The van der Waals surface area contributed by atoms with E-state index in [4.69, 9.17) is 5.73 Å². The van der Waals surface area contributed by atoms with Crippen LogP contribution in [0.5, 0.6) is 0 Å². The zero-order valence-corrected chi connectivity index (χ0v) is 11.4. The van der Waals surface area contributed by atoms with Crippen molar-refractivity contribution in [2.24, 2.45) is 5.73 Å². The summed E-state index contributed by atoms with van der Waals surface area (Å²) in [6.07, 6.45) is 8.68. The maximum absolute atomic E-state index is 5.66. The topological polar surface area (TPSA) is 32.5 Å². The van der Waals surface area contributed by atoms with Crippen LogP contribution in [-0.4, -0.2) is 54.6 Å². The van der Waals surface area contributed by atoms with Crippen LogP contribution in [0.2, 0.25) is 0 Å². The molecule has 1 saturated heterocycles. The van der Waals surface area contributed by atoms with E-state index in [2.05, 4.69) is 16.7 Å². The maximum atomic E-state index is 5.66. The van der Waals surface area contributed by atoms with E-state index in [9.17, 15) is 0 Å². The highest BCUT2D eigenvalue weighted by molar-refractivity contribution is 4.84. The van der Waals surface area contributed by atoms with E-state index < -0.39 is 0 Å². The Labute approximate surface area is 106 Å². The van der Waals surface area contributed by atoms with Gasteiger partial charge in [-0.3, -0.25) is 9.80 Å². The number of piperazine rings is 1. The molecule has 0 bridgehead atoms. The Hall–Kier alpha value is -0.120. The minimum Gasteiger partial charge on any atom is -0.329 e. The fourth-order valence-corrected chi connectivity index (χ4v) is 3.48. The van der Waals surface area contributed by atoms with Crippen LogP contribution in [0.25, 0.3) is 0 Å². The smallest absolute Gasteiger partial charge is 0.0196 e. The van der Waals surface area contributed by atoms with Gasteiger partial charge in [0, 0.05) is 44.8 Å². The highest BCUT2D eigenvalue weighted by Crippen LogP contribution is 2.24. The van der Waals surface area contributed by atoms with E-state index in [0.29, 0.717) is 6.04 Å². The van der Waals surface area contributed by atoms with Crippen LogP contribution in [0.1, 0.15) is 45.4 Å². The van der Waals surface area contributed by atoms with Gasteiger partial charge in [-0.2, -0.15) is 0 Å². The standard InChI is InChI=1S/C14H29N3/c1-13-12-17(11-10-16(13)9-8-15)14-6-4-2-3-5-7-14/h13-14H,2-12,15H2,1H3. The van der Waals surface area contributed by atoms with E-state index in [1.807, 2.05) is 0 Å². The minimum atomic E-state index is 0.690. The number of hydrogen-bond acceptors (Lipinski definition) is 3. The van der Waals surface area contributed by atoms with Crippen molar-refractivity contribution in [1.82, 2.24) is 9.80 Å². The highest BCUT2D eigenvalue weighted by Gasteiger charge is 2.27. The number of nitrogens with two attached hydrogens (primary N) is 1. The van der Waals surface area contributed by atoms with E-state index in [1.165, 1.54) is 58.2 Å². The number of nitrogens with zero attached hydrogens (tertiary/aromatic N) is 2. The Balaban J connectivity index is 1.82. The largest absolute Gasteiger partial charge is 0.329 e. The van der Waals surface area contributed by atoms with E-state index in [-0.39, 0.29) is 0 Å². The Kier molecular flexibility index (Phi) is 5.26. The second kappa shape index (κ2) is 6.72. The van der Waals surface area contributed by atoms with E-state index in [1.54, 1.807) is 0 Å². The molecule has 1 aliphatic heterocycles. The molecule has 1 heterocycles. The molecule has 17 heavy (non-hydrogen) atoms. The summed E-state index contributed by atoms with van der Waals surface area (Å²) in [6, 6.07) is 1.57. The molecule has 3 nitrogen and oxygen atoms in total. The zero-order chi connectivity index (χ0) is 12.1. The molecule has 0 spiro atoms. The predicted octanol–water partition coefficient (Wildman–Crippen LogP) is 1.67. The number of rotatable bonds is 3. The molecule has 2 aliphatic rings. The second-order valence-electron chi connectivity index (χ2n) is 5.81. The summed E-state index contributed by atoms with van der Waals surface area (Å²) < 4.78 is 0. The normalized spacial score (nSPS) is 30.4. The lowest BCUT2D eigenvalue weighted by molar-refractivity contribution is 0.0523. The van der Waals surface area contributed by atoms with Gasteiger partial charge in [0.2, 0.25) is 0 Å². The third kappa shape index (κ3) is 3.67. The molecular formula is C14H29N3. The summed E-state index contributed by atoms with van der Waals surface area (Å²) in [5, 5.41) is 0. The molecular weight excluding hydrogens is 210 g/mol. The van der Waals surface area contributed by atoms with Crippen molar-refractivity contribution < 1.29 is 0 Å². The first-order valence-electron chi connectivity index (χ1n) is 7.49. The zero-order valence-electron chi connectivity index (χ0n) is 11.4. The van der Waals surface area contributed by atoms with Crippen molar-refractivity contribution in [3.8, 4) is 0 Å². The van der Waals surface area contributed by atoms with Crippen molar-refractivity contribution in [2.75, 3.05) is 32.7 Å². The molecule has 0 aromatic rings. The summed E-state index contributed by atoms with van der Waals surface area (Å²) in [6.45, 7) is 7.96. The molecule has 2 rings (SSSR count). The second-order valence-corrected chi connectivity index (χ2v) is 5.81. The van der Waals surface area contributed by atoms with E-state index in [0.717, 1.165) is 19.1 Å². The van der Waals surface area contributed by atoms with Crippen LogP contribution in [0.4, 0.5) is 0 Å². The third-order valence-corrected chi connectivity index (χ3v) is 4.55. The molecule has 1 saturated carbocycles. The minimum absolute atomic E-state index is 0.690. The Morgan fingerprint density at radius 2 is 1.76 bits per heavy atom. The lowest BCUT2D eigenvalue weighted by Gasteiger charge is -2.43. The Morgan fingerprint density at radius 3 is 2.35 bits per heavy atom. The van der Waals surface area contributed by atoms with Crippen molar-refractivity contribution >= 4 is 0 Å². The van der Waals surface area contributed by atoms with E-state index >= 15 is 0 Å². The van der Waals surface area contributed by atoms with Gasteiger partial charge in [-0.1, -0.05) is 25.7 Å². The molecule has 0 aromatic heterocycles. The predicted molar refractivity (Wildman–Crippen MR) is 73.2 cm³/mol. The van der Waals surface area contributed by atoms with Gasteiger partial charge in [0.1, 0.15) is 0 Å². The third-order valence-electron chi connectivity index (χ3n) is 4.55. The first-order valence-corrected chi connectivity index (χ1v) is 7.49. The lowest BCUT2D eigenvalue weighted by Crippen LogP contribution is -2.55. The molecule has 1 aliphatic carbocycles. The average Bonchev–Trinajstić information content (AvgIpc) is 2.60. The van der Waals surface area contributed by atoms with Crippen molar-refractivity contribution in [3.63, 3.8) is 0 Å². The van der Waals surface area contributed by atoms with Gasteiger partial charge >= 0.3 is 0 Å². The summed E-state index contributed by atoms with van der Waals surface area (Å²) in [4.78, 5) is 5.30. The van der Waals surface area contributed by atoms with Crippen molar-refractivity contribution in [2.45, 2.75) is 57.5 Å². The maximum Gasteiger partial charge on any atom is 0.0196 e. The van der Waals surface area contributed by atoms with Crippen LogP contribution in [0, 0.1) is 0 Å². The first kappa shape index (κ1) is 13.3. The van der Waals surface area contributed by atoms with Crippen LogP contribution in [0.15, 0.2) is 0 Å². The van der Waals surface area contributed by atoms with Crippen molar-refractivity contribution in [3.05, 3.63) is 0 Å². The molecule has 0 aromatic carbocycles. The lowest BCUT2D eigenvalue weighted by atomic mass is 10.0. The van der Waals surface area contributed by atoms with Gasteiger partial charge in [0.15, 0.2) is 0 Å². The summed E-state index contributed by atoms with van der Waals surface area (Å²) in [5.74, 6) is 0. The molecule has 0 radical (unpaired) electrons. The SMILES string of the molecule is CC1CN(C2CCCCCC2)CCN1CCN. The van der Waals surface area contributed by atoms with Crippen molar-refractivity contribution in [1.29, 1.82) is 0 Å². The van der Waals surface area contributed by atoms with Gasteiger partial charge in [0.05, 0.1) is 0 Å². The summed E-state index contributed by atoms with van der Waals surface area (Å²) in [7, 11) is 0. The molecule has 100 valence electrons. The van der Waals surface area contributed by atoms with Gasteiger partial charge in [-0.25, -0.2) is 0 Å². The molecule has 2 fully saturated rings. The van der Waals surface area contributed by atoms with Crippen LogP contribution >= 0.6 is 0 Å². The summed E-state index contributed by atoms with van der Waals surface area (Å²) in [5.41, 5.74) is 5.66. The Morgan fingerprint density at radius 1 is 1.06 bits per heavy atom. The average molecular weight is 239 g/mol. The monoisotopic (exact) mass is 239 g/mol. The van der Waals surface area contributed by atoms with Gasteiger partial charge in [-0.15, -0.1) is 0 Å². The molecule has 1 unspecified atom stereocenters. The molecule has 1 atom stereocenters. The fourth-order valence-electron chi connectivity index (χ4n) is 3.48.